The second-order valence-corrected chi connectivity index (χ2v) is 7.10. The number of nitrogens with zero attached hydrogens (tertiary/aromatic N) is 1. The van der Waals surface area contributed by atoms with Gasteiger partial charge in [-0.3, -0.25) is 0 Å². The van der Waals surface area contributed by atoms with Crippen molar-refractivity contribution in [2.45, 2.75) is 32.0 Å². The molecule has 5 N–H and O–H groups in total. The number of rotatable bonds is 6. The van der Waals surface area contributed by atoms with Crippen LogP contribution in [0.4, 0.5) is 5.69 Å². The smallest absolute Gasteiger partial charge is 0.131 e. The molecule has 23 heavy (non-hydrogen) atoms. The largest absolute Gasteiger partial charge is 0.467 e. The summed E-state index contributed by atoms with van der Waals surface area (Å²) in [6.07, 6.45) is 2.39. The van der Waals surface area contributed by atoms with Crippen LogP contribution in [0, 0.1) is 0 Å². The topological polar surface area (TPSA) is 90.1 Å². The quantitative estimate of drug-likeness (QED) is 0.593. The fourth-order valence-electron chi connectivity index (χ4n) is 2.28. The second-order valence-electron chi connectivity index (χ2n) is 5.58. The molecule has 5 nitrogen and oxygen atoms in total. The van der Waals surface area contributed by atoms with Gasteiger partial charge < -0.3 is 21.2 Å². The Balaban J connectivity index is 1.86. The van der Waals surface area contributed by atoms with E-state index in [4.69, 9.17) is 27.5 Å². The highest BCUT2D eigenvalue weighted by Gasteiger charge is 2.14. The van der Waals surface area contributed by atoms with Crippen molar-refractivity contribution in [2.24, 2.45) is 11.5 Å². The van der Waals surface area contributed by atoms with Crippen LogP contribution >= 0.6 is 22.9 Å². The minimum Gasteiger partial charge on any atom is -0.467 e. The van der Waals surface area contributed by atoms with Gasteiger partial charge in [0.2, 0.25) is 0 Å². The number of aromatic nitrogens is 1. The van der Waals surface area contributed by atoms with E-state index in [0.717, 1.165) is 33.0 Å². The minimum atomic E-state index is -0.0712. The van der Waals surface area contributed by atoms with Crippen LogP contribution in [0.2, 0.25) is 5.15 Å². The van der Waals surface area contributed by atoms with E-state index in [1.165, 1.54) is 0 Å². The van der Waals surface area contributed by atoms with Crippen LogP contribution in [0.25, 0.3) is 10.2 Å². The highest BCUT2D eigenvalue weighted by atomic mass is 35.5. The van der Waals surface area contributed by atoms with Crippen LogP contribution in [0.1, 0.15) is 17.6 Å². The zero-order chi connectivity index (χ0) is 16.4. The number of anilines is 1. The highest BCUT2D eigenvalue weighted by molar-refractivity contribution is 7.19. The number of nitrogens with two attached hydrogens (primary N) is 2. The fraction of sp³-hybridized carbons (Fsp3) is 0.312. The second kappa shape index (κ2) is 6.88. The monoisotopic (exact) mass is 350 g/mol. The maximum absolute atomic E-state index is 6.14. The van der Waals surface area contributed by atoms with E-state index >= 15 is 0 Å². The van der Waals surface area contributed by atoms with Gasteiger partial charge in [-0.05, 0) is 31.5 Å². The summed E-state index contributed by atoms with van der Waals surface area (Å²) in [6.45, 7) is 2.51. The Morgan fingerprint density at radius 2 is 2.22 bits per heavy atom. The van der Waals surface area contributed by atoms with Gasteiger partial charge in [-0.15, -0.1) is 11.3 Å². The van der Waals surface area contributed by atoms with Crippen LogP contribution in [0.5, 0.6) is 0 Å². The molecule has 0 unspecified atom stereocenters. The lowest BCUT2D eigenvalue weighted by atomic mass is 10.1. The molecule has 0 bridgehead atoms. The minimum absolute atomic E-state index is 0.0479. The van der Waals surface area contributed by atoms with E-state index < -0.39 is 0 Å². The summed E-state index contributed by atoms with van der Waals surface area (Å²) in [5.74, 6) is 0.863. The van der Waals surface area contributed by atoms with Gasteiger partial charge >= 0.3 is 0 Å². The van der Waals surface area contributed by atoms with Crippen LogP contribution in [0.15, 0.2) is 34.9 Å². The summed E-state index contributed by atoms with van der Waals surface area (Å²) in [5.41, 5.74) is 13.7. The molecule has 2 atom stereocenters. The number of furan rings is 1. The Kier molecular flexibility index (Phi) is 4.87. The van der Waals surface area contributed by atoms with E-state index in [1.54, 1.807) is 17.6 Å². The van der Waals surface area contributed by atoms with Crippen molar-refractivity contribution in [3.63, 3.8) is 0 Å². The summed E-state index contributed by atoms with van der Waals surface area (Å²) in [7, 11) is 0. The molecular formula is C16H19ClN4OS. The first kappa shape index (κ1) is 16.3. The molecule has 3 aromatic rings. The van der Waals surface area contributed by atoms with Gasteiger partial charge in [0, 0.05) is 23.0 Å². The van der Waals surface area contributed by atoms with E-state index in [1.807, 2.05) is 31.2 Å². The normalized spacial score (nSPS) is 14.1. The van der Waals surface area contributed by atoms with Crippen molar-refractivity contribution in [2.75, 3.05) is 5.32 Å². The van der Waals surface area contributed by atoms with Crippen molar-refractivity contribution < 1.29 is 4.42 Å². The Morgan fingerprint density at radius 1 is 1.39 bits per heavy atom. The van der Waals surface area contributed by atoms with Crippen molar-refractivity contribution >= 4 is 38.8 Å². The number of halogens is 1. The van der Waals surface area contributed by atoms with Crippen LogP contribution in [0.3, 0.4) is 0 Å². The first-order valence-electron chi connectivity index (χ1n) is 7.39. The molecule has 0 radical (unpaired) electrons. The summed E-state index contributed by atoms with van der Waals surface area (Å²) in [4.78, 5) is 5.55. The van der Waals surface area contributed by atoms with Crippen LogP contribution < -0.4 is 16.8 Å². The zero-order valence-corrected chi connectivity index (χ0v) is 14.3. The molecule has 0 aliphatic heterocycles. The molecule has 3 heterocycles. The first-order valence-corrected chi connectivity index (χ1v) is 8.59. The lowest BCUT2D eigenvalue weighted by molar-refractivity contribution is 0.518. The van der Waals surface area contributed by atoms with Gasteiger partial charge in [0.15, 0.2) is 0 Å². The first-order chi connectivity index (χ1) is 11.0. The van der Waals surface area contributed by atoms with Gasteiger partial charge in [-0.25, -0.2) is 4.98 Å². The van der Waals surface area contributed by atoms with E-state index in [0.29, 0.717) is 11.7 Å². The summed E-state index contributed by atoms with van der Waals surface area (Å²) < 4.78 is 6.41. The predicted octanol–water partition coefficient (Wildman–Crippen LogP) is 3.37. The molecule has 0 saturated carbocycles. The highest BCUT2D eigenvalue weighted by Crippen LogP contribution is 2.33. The number of thiophene rings is 1. The molecule has 3 aromatic heterocycles. The third-order valence-electron chi connectivity index (χ3n) is 3.64. The van der Waals surface area contributed by atoms with E-state index in [-0.39, 0.29) is 12.1 Å². The van der Waals surface area contributed by atoms with Gasteiger partial charge in [0.05, 0.1) is 28.7 Å². The number of pyridine rings is 1. The molecular weight excluding hydrogens is 332 g/mol. The molecule has 0 saturated heterocycles. The molecule has 0 aromatic carbocycles. The molecule has 0 amide bonds. The molecule has 0 aliphatic rings. The Labute approximate surface area is 143 Å². The molecule has 122 valence electrons. The summed E-state index contributed by atoms with van der Waals surface area (Å²) >= 11 is 7.80. The average molecular weight is 351 g/mol. The fourth-order valence-corrected chi connectivity index (χ4v) is 3.64. The number of fused-ring (bicyclic) bond motifs is 1. The number of hydrogen-bond donors (Lipinski definition) is 3. The van der Waals surface area contributed by atoms with Gasteiger partial charge in [-0.2, -0.15) is 0 Å². The van der Waals surface area contributed by atoms with Crippen LogP contribution in [-0.4, -0.2) is 17.1 Å². The van der Waals surface area contributed by atoms with E-state index in [9.17, 15) is 0 Å². The zero-order valence-electron chi connectivity index (χ0n) is 12.8. The van der Waals surface area contributed by atoms with Crippen molar-refractivity contribution in [3.8, 4) is 0 Å². The summed E-state index contributed by atoms with van der Waals surface area (Å²) in [6, 6.07) is 7.54. The SMILES string of the molecule is C[C@@H](N)[C@H](N)Cc1cc2nc(Cl)cc(NCc3ccco3)c2s1. The van der Waals surface area contributed by atoms with Gasteiger partial charge in [0.25, 0.3) is 0 Å². The summed E-state index contributed by atoms with van der Waals surface area (Å²) in [5, 5.41) is 3.82. The lowest BCUT2D eigenvalue weighted by Gasteiger charge is -2.13. The molecule has 0 spiro atoms. The van der Waals surface area contributed by atoms with Gasteiger partial charge in [0.1, 0.15) is 10.9 Å². The Bertz CT molecular complexity index is 785. The van der Waals surface area contributed by atoms with Crippen LogP contribution in [-0.2, 0) is 13.0 Å². The molecule has 0 aliphatic carbocycles. The predicted molar refractivity (Wildman–Crippen MR) is 96.0 cm³/mol. The molecule has 7 heteroatoms. The third-order valence-corrected chi connectivity index (χ3v) is 5.02. The maximum Gasteiger partial charge on any atom is 0.131 e. The lowest BCUT2D eigenvalue weighted by Crippen LogP contribution is -2.40. The Morgan fingerprint density at radius 3 is 2.91 bits per heavy atom. The van der Waals surface area contributed by atoms with Crippen molar-refractivity contribution in [1.29, 1.82) is 0 Å². The maximum atomic E-state index is 6.14. The van der Waals surface area contributed by atoms with Crippen molar-refractivity contribution in [1.82, 2.24) is 4.98 Å². The third kappa shape index (κ3) is 3.84. The average Bonchev–Trinajstić information content (AvgIpc) is 3.13. The molecule has 0 fully saturated rings. The number of nitrogens with one attached hydrogen (secondary N) is 1. The number of hydrogen-bond acceptors (Lipinski definition) is 6. The standard InChI is InChI=1S/C16H19ClN4OS/c1-9(18)12(19)5-11-6-14-16(23-11)13(7-15(17)21-14)20-8-10-3-2-4-22-10/h2-4,6-7,9,12H,5,8,18-19H2,1H3,(H,20,21)/t9-,12-/m1/s1. The van der Waals surface area contributed by atoms with Crippen molar-refractivity contribution in [3.05, 3.63) is 46.3 Å². The Hall–Kier alpha value is -1.60. The molecule has 3 rings (SSSR count). The van der Waals surface area contributed by atoms with E-state index in [2.05, 4.69) is 10.3 Å². The van der Waals surface area contributed by atoms with Gasteiger partial charge in [-0.1, -0.05) is 11.6 Å².